The standard InChI is InChI=1S/C20H20FN5O4S/c1-25(2)31(28,29)17-9-5-7-15(11-17)26(3)20(27)24-18-12-23-19(13-22-18)30-16-8-4-6-14(21)10-16/h4-13H,1-3H3,(H,22,24,27). The summed E-state index contributed by atoms with van der Waals surface area (Å²) in [5, 5.41) is 2.56. The van der Waals surface area contributed by atoms with Crippen molar-refractivity contribution in [2.24, 2.45) is 0 Å². The molecule has 1 aromatic heterocycles. The van der Waals surface area contributed by atoms with Gasteiger partial charge in [-0.2, -0.15) is 0 Å². The number of halogens is 1. The summed E-state index contributed by atoms with van der Waals surface area (Å²) in [4.78, 5) is 21.9. The summed E-state index contributed by atoms with van der Waals surface area (Å²) < 4.78 is 44.3. The lowest BCUT2D eigenvalue weighted by Gasteiger charge is -2.19. The normalized spacial score (nSPS) is 11.3. The Morgan fingerprint density at radius 3 is 2.42 bits per heavy atom. The number of nitrogens with one attached hydrogen (secondary N) is 1. The molecule has 0 atom stereocenters. The van der Waals surface area contributed by atoms with Crippen molar-refractivity contribution >= 4 is 27.6 Å². The van der Waals surface area contributed by atoms with Crippen molar-refractivity contribution in [3.05, 3.63) is 66.7 Å². The molecular formula is C20H20FN5O4S. The highest BCUT2D eigenvalue weighted by molar-refractivity contribution is 7.89. The number of aromatic nitrogens is 2. The third-order valence-electron chi connectivity index (χ3n) is 4.17. The van der Waals surface area contributed by atoms with Crippen LogP contribution in [0.5, 0.6) is 11.6 Å². The lowest BCUT2D eigenvalue weighted by atomic mass is 10.3. The largest absolute Gasteiger partial charge is 0.437 e. The van der Waals surface area contributed by atoms with E-state index >= 15 is 0 Å². The molecule has 0 spiro atoms. The number of carbonyl (C=O) groups is 1. The molecule has 0 unspecified atom stereocenters. The van der Waals surface area contributed by atoms with E-state index in [0.29, 0.717) is 5.69 Å². The summed E-state index contributed by atoms with van der Waals surface area (Å²) in [5.74, 6) is 0.0947. The molecule has 3 aromatic rings. The molecule has 0 aliphatic carbocycles. The van der Waals surface area contributed by atoms with E-state index in [2.05, 4.69) is 15.3 Å². The van der Waals surface area contributed by atoms with Crippen LogP contribution in [0, 0.1) is 5.82 Å². The van der Waals surface area contributed by atoms with E-state index in [-0.39, 0.29) is 22.3 Å². The zero-order chi connectivity index (χ0) is 22.6. The predicted molar refractivity (Wildman–Crippen MR) is 113 cm³/mol. The Morgan fingerprint density at radius 1 is 1.03 bits per heavy atom. The molecular weight excluding hydrogens is 425 g/mol. The van der Waals surface area contributed by atoms with Gasteiger partial charge >= 0.3 is 6.03 Å². The van der Waals surface area contributed by atoms with Crippen molar-refractivity contribution in [3.8, 4) is 11.6 Å². The second-order valence-corrected chi connectivity index (χ2v) is 8.73. The number of sulfonamides is 1. The minimum absolute atomic E-state index is 0.0632. The van der Waals surface area contributed by atoms with Crippen molar-refractivity contribution < 1.29 is 22.3 Å². The number of nitrogens with zero attached hydrogens (tertiary/aromatic N) is 4. The summed E-state index contributed by atoms with van der Waals surface area (Å²) in [7, 11) is 0.715. The van der Waals surface area contributed by atoms with E-state index in [1.165, 1.54) is 68.8 Å². The zero-order valence-electron chi connectivity index (χ0n) is 17.0. The minimum Gasteiger partial charge on any atom is -0.437 e. The minimum atomic E-state index is -3.64. The molecule has 0 radical (unpaired) electrons. The number of carbonyl (C=O) groups excluding carboxylic acids is 1. The molecule has 9 nitrogen and oxygen atoms in total. The van der Waals surface area contributed by atoms with Crippen LogP contribution in [0.4, 0.5) is 20.7 Å². The van der Waals surface area contributed by atoms with E-state index in [4.69, 9.17) is 4.74 Å². The van der Waals surface area contributed by atoms with Crippen molar-refractivity contribution in [2.75, 3.05) is 31.4 Å². The number of ether oxygens (including phenoxy) is 1. The van der Waals surface area contributed by atoms with E-state index in [9.17, 15) is 17.6 Å². The molecule has 0 aliphatic rings. The fraction of sp³-hybridized carbons (Fsp3) is 0.150. The Bertz CT molecular complexity index is 1190. The van der Waals surface area contributed by atoms with E-state index < -0.39 is 21.9 Å². The highest BCUT2D eigenvalue weighted by Crippen LogP contribution is 2.22. The average molecular weight is 445 g/mol. The summed E-state index contributed by atoms with van der Waals surface area (Å²) in [6.45, 7) is 0. The van der Waals surface area contributed by atoms with Gasteiger partial charge < -0.3 is 4.74 Å². The number of hydrogen-bond donors (Lipinski definition) is 1. The lowest BCUT2D eigenvalue weighted by molar-refractivity contribution is 0.258. The molecule has 0 fully saturated rings. The average Bonchev–Trinajstić information content (AvgIpc) is 2.74. The van der Waals surface area contributed by atoms with Gasteiger partial charge in [-0.1, -0.05) is 12.1 Å². The Labute approximate surface area is 179 Å². The van der Waals surface area contributed by atoms with E-state index in [1.54, 1.807) is 18.2 Å². The quantitative estimate of drug-likeness (QED) is 0.624. The molecule has 1 heterocycles. The summed E-state index contributed by atoms with van der Waals surface area (Å²) >= 11 is 0. The molecule has 3 rings (SSSR count). The van der Waals surface area contributed by atoms with Gasteiger partial charge in [0, 0.05) is 32.9 Å². The SMILES string of the molecule is CN(C(=O)Nc1cnc(Oc2cccc(F)c2)cn1)c1cccc(S(=O)(=O)N(C)C)c1. The van der Waals surface area contributed by atoms with Crippen LogP contribution in [0.3, 0.4) is 0 Å². The van der Waals surface area contributed by atoms with Crippen LogP contribution in [0.2, 0.25) is 0 Å². The number of rotatable bonds is 6. The van der Waals surface area contributed by atoms with Crippen LogP contribution in [-0.2, 0) is 10.0 Å². The molecule has 0 saturated heterocycles. The van der Waals surface area contributed by atoms with Crippen molar-refractivity contribution in [2.45, 2.75) is 4.90 Å². The van der Waals surface area contributed by atoms with Crippen LogP contribution in [0.1, 0.15) is 0 Å². The highest BCUT2D eigenvalue weighted by atomic mass is 32.2. The van der Waals surface area contributed by atoms with Gasteiger partial charge in [0.15, 0.2) is 5.82 Å². The molecule has 0 bridgehead atoms. The maximum atomic E-state index is 13.2. The molecule has 2 aromatic carbocycles. The van der Waals surface area contributed by atoms with Crippen molar-refractivity contribution in [3.63, 3.8) is 0 Å². The third kappa shape index (κ3) is 5.32. The van der Waals surface area contributed by atoms with E-state index in [0.717, 1.165) is 4.31 Å². The first-order chi connectivity index (χ1) is 14.7. The number of anilines is 2. The number of benzene rings is 2. The first-order valence-electron chi connectivity index (χ1n) is 8.99. The van der Waals surface area contributed by atoms with Crippen LogP contribution in [-0.4, -0.2) is 49.9 Å². The zero-order valence-corrected chi connectivity index (χ0v) is 17.8. The van der Waals surface area contributed by atoms with Gasteiger partial charge in [-0.05, 0) is 30.3 Å². The number of urea groups is 1. The Hall–Kier alpha value is -3.57. The van der Waals surface area contributed by atoms with Crippen LogP contribution < -0.4 is 15.0 Å². The smallest absolute Gasteiger partial charge is 0.327 e. The van der Waals surface area contributed by atoms with Crippen molar-refractivity contribution in [1.29, 1.82) is 0 Å². The van der Waals surface area contributed by atoms with Gasteiger partial charge in [-0.3, -0.25) is 10.2 Å². The molecule has 31 heavy (non-hydrogen) atoms. The molecule has 162 valence electrons. The fourth-order valence-electron chi connectivity index (χ4n) is 2.46. The monoisotopic (exact) mass is 445 g/mol. The fourth-order valence-corrected chi connectivity index (χ4v) is 3.40. The maximum Gasteiger partial charge on any atom is 0.327 e. The van der Waals surface area contributed by atoms with Gasteiger partial charge in [0.05, 0.1) is 17.3 Å². The summed E-state index contributed by atoms with van der Waals surface area (Å²) in [5.41, 5.74) is 0.374. The summed E-state index contributed by atoms with van der Waals surface area (Å²) in [6, 6.07) is 11.0. The molecule has 11 heteroatoms. The van der Waals surface area contributed by atoms with Gasteiger partial charge in [-0.25, -0.2) is 31.9 Å². The lowest BCUT2D eigenvalue weighted by Crippen LogP contribution is -2.31. The maximum absolute atomic E-state index is 13.2. The van der Waals surface area contributed by atoms with Crippen LogP contribution >= 0.6 is 0 Å². The molecule has 0 aliphatic heterocycles. The Balaban J connectivity index is 1.69. The first kappa shape index (κ1) is 22.1. The topological polar surface area (TPSA) is 105 Å². The number of hydrogen-bond acceptors (Lipinski definition) is 6. The highest BCUT2D eigenvalue weighted by Gasteiger charge is 2.19. The van der Waals surface area contributed by atoms with Gasteiger partial charge in [0.25, 0.3) is 0 Å². The third-order valence-corrected chi connectivity index (χ3v) is 5.98. The van der Waals surface area contributed by atoms with Gasteiger partial charge in [0.1, 0.15) is 11.6 Å². The van der Waals surface area contributed by atoms with Crippen LogP contribution in [0.25, 0.3) is 0 Å². The number of amides is 2. The molecule has 0 saturated carbocycles. The van der Waals surface area contributed by atoms with Gasteiger partial charge in [-0.15, -0.1) is 0 Å². The second-order valence-electron chi connectivity index (χ2n) is 6.57. The predicted octanol–water partition coefficient (Wildman–Crippen LogP) is 3.33. The van der Waals surface area contributed by atoms with Crippen LogP contribution in [0.15, 0.2) is 65.8 Å². The summed E-state index contributed by atoms with van der Waals surface area (Å²) in [6.07, 6.45) is 2.57. The molecule has 1 N–H and O–H groups in total. The van der Waals surface area contributed by atoms with E-state index in [1.807, 2.05) is 0 Å². The Morgan fingerprint density at radius 2 is 1.77 bits per heavy atom. The van der Waals surface area contributed by atoms with Gasteiger partial charge in [0.2, 0.25) is 15.9 Å². The Kier molecular flexibility index (Phi) is 6.47. The second kappa shape index (κ2) is 9.06. The van der Waals surface area contributed by atoms with Crippen molar-refractivity contribution in [1.82, 2.24) is 14.3 Å². The molecule has 2 amide bonds. The first-order valence-corrected chi connectivity index (χ1v) is 10.4.